The number of aromatic nitrogens is 2. The Hall–Kier alpha value is -2.37. The number of nitrogens with one attached hydrogen (secondary N) is 2. The number of carbonyl (C=O) groups excluding carboxylic acids is 1. The number of rotatable bonds is 5. The third-order valence-electron chi connectivity index (χ3n) is 4.05. The van der Waals surface area contributed by atoms with Gasteiger partial charge >= 0.3 is 0 Å². The number of H-pyrrole nitrogens is 1. The maximum absolute atomic E-state index is 12.2. The normalized spacial score (nSPS) is 12.5. The monoisotopic (exact) mass is 356 g/mol. The van der Waals surface area contributed by atoms with Crippen LogP contribution in [-0.2, 0) is 4.79 Å². The molecular weight excluding hydrogens is 336 g/mol. The van der Waals surface area contributed by atoms with Crippen molar-refractivity contribution in [2.45, 2.75) is 26.3 Å². The number of anilines is 1. The summed E-state index contributed by atoms with van der Waals surface area (Å²) in [6, 6.07) is 8.84. The van der Waals surface area contributed by atoms with Gasteiger partial charge in [0.1, 0.15) is 5.65 Å². The van der Waals surface area contributed by atoms with E-state index in [1.165, 1.54) is 0 Å². The molecule has 25 heavy (non-hydrogen) atoms. The van der Waals surface area contributed by atoms with Crippen LogP contribution in [0.1, 0.15) is 20.3 Å². The highest BCUT2D eigenvalue weighted by Gasteiger charge is 2.16. The van der Waals surface area contributed by atoms with E-state index in [4.69, 9.17) is 17.3 Å². The van der Waals surface area contributed by atoms with Crippen LogP contribution in [0.25, 0.3) is 22.2 Å². The summed E-state index contributed by atoms with van der Waals surface area (Å²) in [5.74, 6) is 0.164. The Bertz CT molecular complexity index is 903. The van der Waals surface area contributed by atoms with Gasteiger partial charge in [-0.2, -0.15) is 0 Å². The Morgan fingerprint density at radius 1 is 1.28 bits per heavy atom. The van der Waals surface area contributed by atoms with Crippen LogP contribution in [0.4, 0.5) is 5.69 Å². The molecule has 6 heteroatoms. The predicted octanol–water partition coefficient (Wildman–Crippen LogP) is 4.20. The molecule has 0 aliphatic rings. The van der Waals surface area contributed by atoms with Gasteiger partial charge in [0.05, 0.1) is 11.1 Å². The molecule has 0 bridgehead atoms. The van der Waals surface area contributed by atoms with Crippen molar-refractivity contribution in [1.29, 1.82) is 0 Å². The van der Waals surface area contributed by atoms with Crippen LogP contribution in [-0.4, -0.2) is 21.9 Å². The molecule has 0 fully saturated rings. The molecule has 2 heterocycles. The Balaban J connectivity index is 1.84. The van der Waals surface area contributed by atoms with Crippen LogP contribution in [0.15, 0.2) is 42.7 Å². The molecule has 5 nitrogen and oxygen atoms in total. The Kier molecular flexibility index (Phi) is 5.06. The van der Waals surface area contributed by atoms with Crippen LogP contribution in [0.2, 0.25) is 5.02 Å². The van der Waals surface area contributed by atoms with Gasteiger partial charge in [-0.15, -0.1) is 0 Å². The maximum atomic E-state index is 12.2. The van der Waals surface area contributed by atoms with Gasteiger partial charge in [0.2, 0.25) is 5.91 Å². The highest BCUT2D eigenvalue weighted by Crippen LogP contribution is 2.34. The van der Waals surface area contributed by atoms with Crippen molar-refractivity contribution in [1.82, 2.24) is 9.97 Å². The number of benzene rings is 1. The van der Waals surface area contributed by atoms with Crippen molar-refractivity contribution in [2.75, 3.05) is 5.32 Å². The van der Waals surface area contributed by atoms with E-state index in [2.05, 4.69) is 15.3 Å². The standard InChI is InChI=1S/C19H21ClN4O/c1-11(2)9-17(21)19(25)24-12-3-4-14(16(20)10-12)13-5-7-22-18-15(13)6-8-23-18/h3-8,10-11,17H,9,21H2,1-2H3,(H,22,23)(H,24,25)/t17-/m1/s1. The number of carbonyl (C=O) groups is 1. The number of aromatic amines is 1. The first-order chi connectivity index (χ1) is 12.0. The van der Waals surface area contributed by atoms with Gasteiger partial charge in [0, 0.05) is 29.0 Å². The first-order valence-electron chi connectivity index (χ1n) is 8.24. The molecule has 0 aliphatic heterocycles. The molecule has 1 aromatic carbocycles. The van der Waals surface area contributed by atoms with Crippen molar-refractivity contribution in [3.8, 4) is 11.1 Å². The van der Waals surface area contributed by atoms with Gasteiger partial charge in [-0.05, 0) is 42.2 Å². The molecule has 1 atom stereocenters. The lowest BCUT2D eigenvalue weighted by Crippen LogP contribution is -2.36. The minimum absolute atomic E-state index is 0.200. The zero-order valence-electron chi connectivity index (χ0n) is 14.2. The number of nitrogens with zero attached hydrogens (tertiary/aromatic N) is 1. The van der Waals surface area contributed by atoms with E-state index in [0.717, 1.165) is 22.2 Å². The molecule has 130 valence electrons. The molecule has 3 rings (SSSR count). The lowest BCUT2D eigenvalue weighted by Gasteiger charge is -2.15. The summed E-state index contributed by atoms with van der Waals surface area (Å²) in [6.45, 7) is 4.07. The fourth-order valence-electron chi connectivity index (χ4n) is 2.86. The van der Waals surface area contributed by atoms with E-state index in [1.807, 2.05) is 44.3 Å². The van der Waals surface area contributed by atoms with Crippen LogP contribution < -0.4 is 11.1 Å². The topological polar surface area (TPSA) is 83.8 Å². The highest BCUT2D eigenvalue weighted by molar-refractivity contribution is 6.34. The molecule has 4 N–H and O–H groups in total. The molecule has 0 unspecified atom stereocenters. The van der Waals surface area contributed by atoms with Gasteiger partial charge in [0.25, 0.3) is 0 Å². The molecule has 0 spiro atoms. The van der Waals surface area contributed by atoms with Crippen LogP contribution >= 0.6 is 11.6 Å². The largest absolute Gasteiger partial charge is 0.346 e. The van der Waals surface area contributed by atoms with Gasteiger partial charge in [0.15, 0.2) is 0 Å². The molecule has 2 aromatic heterocycles. The summed E-state index contributed by atoms with van der Waals surface area (Å²) >= 11 is 6.47. The predicted molar refractivity (Wildman–Crippen MR) is 103 cm³/mol. The quantitative estimate of drug-likeness (QED) is 0.640. The summed E-state index contributed by atoms with van der Waals surface area (Å²) < 4.78 is 0. The Morgan fingerprint density at radius 3 is 2.80 bits per heavy atom. The number of hydrogen-bond acceptors (Lipinski definition) is 3. The molecule has 0 saturated carbocycles. The number of hydrogen-bond donors (Lipinski definition) is 3. The van der Waals surface area contributed by atoms with Crippen molar-refractivity contribution < 1.29 is 4.79 Å². The fourth-order valence-corrected chi connectivity index (χ4v) is 3.14. The van der Waals surface area contributed by atoms with Crippen molar-refractivity contribution in [3.05, 3.63) is 47.7 Å². The van der Waals surface area contributed by atoms with E-state index < -0.39 is 6.04 Å². The second-order valence-electron chi connectivity index (χ2n) is 6.52. The SMILES string of the molecule is CC(C)C[C@@H](N)C(=O)Nc1ccc(-c2ccnc3[nH]ccc23)c(Cl)c1. The van der Waals surface area contributed by atoms with E-state index in [0.29, 0.717) is 23.0 Å². The number of fused-ring (bicyclic) bond motifs is 1. The minimum Gasteiger partial charge on any atom is -0.346 e. The lowest BCUT2D eigenvalue weighted by molar-refractivity contribution is -0.117. The van der Waals surface area contributed by atoms with Crippen molar-refractivity contribution >= 4 is 34.2 Å². The number of amides is 1. The van der Waals surface area contributed by atoms with Crippen molar-refractivity contribution in [3.63, 3.8) is 0 Å². The van der Waals surface area contributed by atoms with E-state index in [-0.39, 0.29) is 5.91 Å². The molecule has 1 amide bonds. The van der Waals surface area contributed by atoms with Crippen molar-refractivity contribution in [2.24, 2.45) is 11.7 Å². The van der Waals surface area contributed by atoms with Crippen LogP contribution in [0, 0.1) is 5.92 Å². The van der Waals surface area contributed by atoms with E-state index >= 15 is 0 Å². The smallest absolute Gasteiger partial charge is 0.241 e. The van der Waals surface area contributed by atoms with Crippen LogP contribution in [0.3, 0.4) is 0 Å². The zero-order valence-corrected chi connectivity index (χ0v) is 15.0. The Morgan fingerprint density at radius 2 is 2.08 bits per heavy atom. The molecule has 0 aliphatic carbocycles. The third kappa shape index (κ3) is 3.83. The highest BCUT2D eigenvalue weighted by atomic mass is 35.5. The number of nitrogens with two attached hydrogens (primary N) is 1. The minimum atomic E-state index is -0.530. The molecular formula is C19H21ClN4O. The fraction of sp³-hybridized carbons (Fsp3) is 0.263. The van der Waals surface area contributed by atoms with Crippen LogP contribution in [0.5, 0.6) is 0 Å². The second kappa shape index (κ2) is 7.25. The summed E-state index contributed by atoms with van der Waals surface area (Å²) in [5.41, 5.74) is 9.25. The number of pyridine rings is 1. The van der Waals surface area contributed by atoms with Gasteiger partial charge < -0.3 is 16.0 Å². The Labute approximate surface area is 151 Å². The number of halogens is 1. The van der Waals surface area contributed by atoms with Gasteiger partial charge in [-0.1, -0.05) is 31.5 Å². The summed E-state index contributed by atoms with van der Waals surface area (Å²) in [6.07, 6.45) is 4.23. The summed E-state index contributed by atoms with van der Waals surface area (Å²) in [5, 5.41) is 4.39. The first kappa shape index (κ1) is 17.5. The average Bonchev–Trinajstić information content (AvgIpc) is 3.03. The average molecular weight is 357 g/mol. The van der Waals surface area contributed by atoms with E-state index in [1.54, 1.807) is 12.3 Å². The maximum Gasteiger partial charge on any atom is 0.241 e. The first-order valence-corrected chi connectivity index (χ1v) is 8.62. The van der Waals surface area contributed by atoms with Gasteiger partial charge in [-0.25, -0.2) is 4.98 Å². The lowest BCUT2D eigenvalue weighted by atomic mass is 10.0. The summed E-state index contributed by atoms with van der Waals surface area (Å²) in [4.78, 5) is 19.5. The van der Waals surface area contributed by atoms with E-state index in [9.17, 15) is 4.79 Å². The van der Waals surface area contributed by atoms with Gasteiger partial charge in [-0.3, -0.25) is 4.79 Å². The zero-order chi connectivity index (χ0) is 18.0. The molecule has 0 radical (unpaired) electrons. The molecule has 0 saturated heterocycles. The third-order valence-corrected chi connectivity index (χ3v) is 4.36. The second-order valence-corrected chi connectivity index (χ2v) is 6.93. The molecule has 3 aromatic rings. The summed E-state index contributed by atoms with van der Waals surface area (Å²) in [7, 11) is 0.